The lowest BCUT2D eigenvalue weighted by Gasteiger charge is -2.47. The van der Waals surface area contributed by atoms with Crippen LogP contribution in [0.3, 0.4) is 0 Å². The Bertz CT molecular complexity index is 225. The molecule has 2 nitrogen and oxygen atoms in total. The Kier molecular flexibility index (Phi) is 3.75. The van der Waals surface area contributed by atoms with Crippen LogP contribution in [-0.2, 0) is 0 Å². The van der Waals surface area contributed by atoms with E-state index in [1.54, 1.807) is 0 Å². The molecule has 0 amide bonds. The summed E-state index contributed by atoms with van der Waals surface area (Å²) in [7, 11) is 0. The summed E-state index contributed by atoms with van der Waals surface area (Å²) in [5, 5.41) is 0. The molecule has 16 heavy (non-hydrogen) atoms. The molecule has 92 valence electrons. The number of hydrogen-bond donors (Lipinski definition) is 0. The highest BCUT2D eigenvalue weighted by molar-refractivity contribution is 7.99. The fourth-order valence-corrected chi connectivity index (χ4v) is 4.64. The zero-order valence-corrected chi connectivity index (χ0v) is 11.1. The largest absolute Gasteiger partial charge is 0.298 e. The van der Waals surface area contributed by atoms with Crippen molar-refractivity contribution >= 4 is 11.8 Å². The number of piperidine rings is 1. The van der Waals surface area contributed by atoms with E-state index in [2.05, 4.69) is 21.6 Å². The molecule has 3 aliphatic rings. The van der Waals surface area contributed by atoms with Crippen LogP contribution in [0, 0.1) is 0 Å². The standard InChI is InChI=1S/C13H24N2S/c1-2-6-14-7-8-15(11-13(14)3-1)12-4-9-16-10-5-12/h12-13H,1-11H2. The van der Waals surface area contributed by atoms with Crippen molar-refractivity contribution in [3.05, 3.63) is 0 Å². The maximum Gasteiger partial charge on any atom is 0.0223 e. The van der Waals surface area contributed by atoms with Crippen molar-refractivity contribution in [2.24, 2.45) is 0 Å². The van der Waals surface area contributed by atoms with Crippen molar-refractivity contribution in [2.45, 2.75) is 44.2 Å². The van der Waals surface area contributed by atoms with Gasteiger partial charge in [0, 0.05) is 31.7 Å². The predicted molar refractivity (Wildman–Crippen MR) is 71.1 cm³/mol. The first-order chi connectivity index (χ1) is 7.93. The average molecular weight is 240 g/mol. The van der Waals surface area contributed by atoms with E-state index in [-0.39, 0.29) is 0 Å². The Morgan fingerprint density at radius 2 is 1.56 bits per heavy atom. The van der Waals surface area contributed by atoms with Gasteiger partial charge >= 0.3 is 0 Å². The van der Waals surface area contributed by atoms with Gasteiger partial charge in [-0.15, -0.1) is 0 Å². The average Bonchev–Trinajstić information content (AvgIpc) is 2.39. The van der Waals surface area contributed by atoms with Crippen LogP contribution < -0.4 is 0 Å². The number of thioether (sulfide) groups is 1. The van der Waals surface area contributed by atoms with Crippen LogP contribution in [0.25, 0.3) is 0 Å². The van der Waals surface area contributed by atoms with E-state index in [1.807, 2.05) is 0 Å². The predicted octanol–water partition coefficient (Wildman–Crippen LogP) is 2.05. The van der Waals surface area contributed by atoms with Crippen LogP contribution >= 0.6 is 11.8 Å². The van der Waals surface area contributed by atoms with Gasteiger partial charge in [0.05, 0.1) is 0 Å². The molecule has 1 unspecified atom stereocenters. The Morgan fingerprint density at radius 3 is 2.44 bits per heavy atom. The van der Waals surface area contributed by atoms with Crippen molar-refractivity contribution < 1.29 is 0 Å². The Hall–Kier alpha value is 0.270. The molecule has 0 spiro atoms. The van der Waals surface area contributed by atoms with Gasteiger partial charge in [-0.2, -0.15) is 11.8 Å². The highest BCUT2D eigenvalue weighted by atomic mass is 32.2. The van der Waals surface area contributed by atoms with Gasteiger partial charge in [0.2, 0.25) is 0 Å². The van der Waals surface area contributed by atoms with Gasteiger partial charge < -0.3 is 0 Å². The second-order valence-electron chi connectivity index (χ2n) is 5.52. The number of piperazine rings is 1. The van der Waals surface area contributed by atoms with Gasteiger partial charge in [-0.1, -0.05) is 6.42 Å². The van der Waals surface area contributed by atoms with Crippen molar-refractivity contribution in [2.75, 3.05) is 37.7 Å². The molecule has 3 saturated heterocycles. The third-order valence-electron chi connectivity index (χ3n) is 4.58. The zero-order valence-electron chi connectivity index (χ0n) is 10.2. The summed E-state index contributed by atoms with van der Waals surface area (Å²) in [6.07, 6.45) is 7.25. The minimum atomic E-state index is 0.900. The summed E-state index contributed by atoms with van der Waals surface area (Å²) in [5.41, 5.74) is 0. The maximum atomic E-state index is 2.81. The molecule has 1 atom stereocenters. The Balaban J connectivity index is 1.57. The van der Waals surface area contributed by atoms with Crippen LogP contribution in [-0.4, -0.2) is 59.6 Å². The quantitative estimate of drug-likeness (QED) is 0.693. The van der Waals surface area contributed by atoms with Crippen LogP contribution in [0.15, 0.2) is 0 Å². The first kappa shape index (κ1) is 11.4. The minimum Gasteiger partial charge on any atom is -0.298 e. The van der Waals surface area contributed by atoms with Gasteiger partial charge in [-0.3, -0.25) is 9.80 Å². The fourth-order valence-electron chi connectivity index (χ4n) is 3.56. The van der Waals surface area contributed by atoms with Crippen LogP contribution in [0.4, 0.5) is 0 Å². The normalized spacial score (nSPS) is 34.9. The third-order valence-corrected chi connectivity index (χ3v) is 5.62. The molecular weight excluding hydrogens is 216 g/mol. The Labute approximate surface area is 104 Å². The fraction of sp³-hybridized carbons (Fsp3) is 1.00. The topological polar surface area (TPSA) is 6.48 Å². The first-order valence-corrected chi connectivity index (χ1v) is 8.15. The summed E-state index contributed by atoms with van der Waals surface area (Å²) in [4.78, 5) is 5.56. The van der Waals surface area contributed by atoms with Crippen molar-refractivity contribution in [3.8, 4) is 0 Å². The third kappa shape index (κ3) is 2.41. The van der Waals surface area contributed by atoms with Gasteiger partial charge in [0.25, 0.3) is 0 Å². The first-order valence-electron chi connectivity index (χ1n) is 6.99. The molecule has 0 saturated carbocycles. The highest BCUT2D eigenvalue weighted by Gasteiger charge is 2.32. The number of fused-ring (bicyclic) bond motifs is 1. The summed E-state index contributed by atoms with van der Waals surface area (Å²) < 4.78 is 0. The van der Waals surface area contributed by atoms with E-state index in [4.69, 9.17) is 0 Å². The minimum absolute atomic E-state index is 0.900. The number of nitrogens with zero attached hydrogens (tertiary/aromatic N) is 2. The maximum absolute atomic E-state index is 2.81. The molecule has 0 aromatic heterocycles. The summed E-state index contributed by atoms with van der Waals surface area (Å²) in [5.74, 6) is 2.80. The van der Waals surface area contributed by atoms with Crippen LogP contribution in [0.2, 0.25) is 0 Å². The van der Waals surface area contributed by atoms with Gasteiger partial charge in [-0.25, -0.2) is 0 Å². The molecule has 3 heterocycles. The number of hydrogen-bond acceptors (Lipinski definition) is 3. The van der Waals surface area contributed by atoms with E-state index in [0.29, 0.717) is 0 Å². The molecule has 0 N–H and O–H groups in total. The molecule has 3 aliphatic heterocycles. The molecular formula is C13H24N2S. The van der Waals surface area contributed by atoms with Gasteiger partial charge in [0.15, 0.2) is 0 Å². The Morgan fingerprint density at radius 1 is 0.750 bits per heavy atom. The lowest BCUT2D eigenvalue weighted by molar-refractivity contribution is 0.0254. The SMILES string of the molecule is C1CCN2CCN(C3CCSCC3)CC2C1. The molecule has 3 heteroatoms. The lowest BCUT2D eigenvalue weighted by atomic mass is 9.97. The lowest BCUT2D eigenvalue weighted by Crippen LogP contribution is -2.57. The molecule has 0 aromatic carbocycles. The molecule has 3 rings (SSSR count). The van der Waals surface area contributed by atoms with E-state index in [9.17, 15) is 0 Å². The van der Waals surface area contributed by atoms with Crippen molar-refractivity contribution in [1.82, 2.24) is 9.80 Å². The molecule has 0 radical (unpaired) electrons. The van der Waals surface area contributed by atoms with E-state index >= 15 is 0 Å². The zero-order chi connectivity index (χ0) is 10.8. The molecule has 0 bridgehead atoms. The monoisotopic (exact) mass is 240 g/mol. The number of rotatable bonds is 1. The van der Waals surface area contributed by atoms with Crippen LogP contribution in [0.1, 0.15) is 32.1 Å². The molecule has 0 aliphatic carbocycles. The van der Waals surface area contributed by atoms with Gasteiger partial charge in [0.1, 0.15) is 0 Å². The van der Waals surface area contributed by atoms with Crippen molar-refractivity contribution in [3.63, 3.8) is 0 Å². The summed E-state index contributed by atoms with van der Waals surface area (Å²) in [6, 6.07) is 1.82. The van der Waals surface area contributed by atoms with Gasteiger partial charge in [-0.05, 0) is 43.7 Å². The van der Waals surface area contributed by atoms with E-state index in [0.717, 1.165) is 12.1 Å². The second kappa shape index (κ2) is 5.28. The molecule has 3 fully saturated rings. The highest BCUT2D eigenvalue weighted by Crippen LogP contribution is 2.27. The van der Waals surface area contributed by atoms with Crippen LogP contribution in [0.5, 0.6) is 0 Å². The van der Waals surface area contributed by atoms with E-state index in [1.165, 1.54) is 69.8 Å². The second-order valence-corrected chi connectivity index (χ2v) is 6.75. The van der Waals surface area contributed by atoms with Crippen molar-refractivity contribution in [1.29, 1.82) is 0 Å². The van der Waals surface area contributed by atoms with E-state index < -0.39 is 0 Å². The molecule has 0 aromatic rings. The summed E-state index contributed by atoms with van der Waals surface area (Å²) >= 11 is 2.15. The summed E-state index contributed by atoms with van der Waals surface area (Å²) in [6.45, 7) is 5.43. The smallest absolute Gasteiger partial charge is 0.0223 e.